The SMILES string of the molecule is CC(N)CC(C)S(=O)c1ccc(C(C)C)cc1. The van der Waals surface area contributed by atoms with Crippen LogP contribution in [0.15, 0.2) is 29.2 Å². The Bertz CT molecular complexity index is 370. The summed E-state index contributed by atoms with van der Waals surface area (Å²) < 4.78 is 12.2. The van der Waals surface area contributed by atoms with Gasteiger partial charge in [0, 0.05) is 16.2 Å². The average Bonchev–Trinajstić information content (AvgIpc) is 2.27. The van der Waals surface area contributed by atoms with Crippen molar-refractivity contribution in [2.75, 3.05) is 0 Å². The van der Waals surface area contributed by atoms with Gasteiger partial charge in [-0.2, -0.15) is 0 Å². The van der Waals surface area contributed by atoms with Crippen molar-refractivity contribution in [2.45, 2.75) is 56.2 Å². The summed E-state index contributed by atoms with van der Waals surface area (Å²) in [6.07, 6.45) is 0.790. The lowest BCUT2D eigenvalue weighted by atomic mass is 10.0. The van der Waals surface area contributed by atoms with Crippen LogP contribution in [0.1, 0.15) is 45.6 Å². The van der Waals surface area contributed by atoms with Gasteiger partial charge in [0.2, 0.25) is 0 Å². The lowest BCUT2D eigenvalue weighted by Gasteiger charge is -2.14. The molecule has 0 aromatic heterocycles. The van der Waals surface area contributed by atoms with Gasteiger partial charge in [-0.3, -0.25) is 4.21 Å². The highest BCUT2D eigenvalue weighted by molar-refractivity contribution is 7.85. The minimum Gasteiger partial charge on any atom is -0.328 e. The summed E-state index contributed by atoms with van der Waals surface area (Å²) in [5.74, 6) is 0.513. The van der Waals surface area contributed by atoms with Gasteiger partial charge in [0.05, 0.1) is 10.8 Å². The molecule has 0 aliphatic carbocycles. The van der Waals surface area contributed by atoms with Gasteiger partial charge in [0.15, 0.2) is 0 Å². The Morgan fingerprint density at radius 3 is 2.06 bits per heavy atom. The molecule has 2 nitrogen and oxygen atoms in total. The fraction of sp³-hybridized carbons (Fsp3) is 0.571. The molecule has 1 aromatic carbocycles. The summed E-state index contributed by atoms with van der Waals surface area (Å²) in [6.45, 7) is 8.26. The van der Waals surface area contributed by atoms with Gasteiger partial charge in [0.25, 0.3) is 0 Å². The maximum absolute atomic E-state index is 12.2. The molecular formula is C14H23NOS. The van der Waals surface area contributed by atoms with Crippen LogP contribution in [-0.4, -0.2) is 15.5 Å². The summed E-state index contributed by atoms with van der Waals surface area (Å²) in [5.41, 5.74) is 7.02. The molecule has 0 aliphatic rings. The van der Waals surface area contributed by atoms with E-state index in [9.17, 15) is 4.21 Å². The van der Waals surface area contributed by atoms with E-state index >= 15 is 0 Å². The molecule has 0 spiro atoms. The van der Waals surface area contributed by atoms with Crippen molar-refractivity contribution in [3.05, 3.63) is 29.8 Å². The zero-order chi connectivity index (χ0) is 13.0. The zero-order valence-corrected chi connectivity index (χ0v) is 12.0. The third-order valence-electron chi connectivity index (χ3n) is 2.85. The Morgan fingerprint density at radius 1 is 1.12 bits per heavy atom. The minimum absolute atomic E-state index is 0.101. The molecule has 0 heterocycles. The number of benzene rings is 1. The fourth-order valence-corrected chi connectivity index (χ4v) is 3.18. The predicted octanol–water partition coefficient (Wildman–Crippen LogP) is 3.04. The summed E-state index contributed by atoms with van der Waals surface area (Å²) in [4.78, 5) is 0.905. The Labute approximate surface area is 107 Å². The second-order valence-corrected chi connectivity index (χ2v) is 6.92. The van der Waals surface area contributed by atoms with Gasteiger partial charge in [0.1, 0.15) is 0 Å². The minimum atomic E-state index is -0.950. The van der Waals surface area contributed by atoms with Crippen LogP contribution in [-0.2, 0) is 10.8 Å². The first kappa shape index (κ1) is 14.4. The van der Waals surface area contributed by atoms with E-state index in [-0.39, 0.29) is 11.3 Å². The Balaban J connectivity index is 2.76. The van der Waals surface area contributed by atoms with Crippen LogP contribution in [0.3, 0.4) is 0 Å². The van der Waals surface area contributed by atoms with Crippen molar-refractivity contribution in [2.24, 2.45) is 5.73 Å². The molecule has 0 fully saturated rings. The molecule has 0 saturated carbocycles. The van der Waals surface area contributed by atoms with Crippen LogP contribution in [0.2, 0.25) is 0 Å². The highest BCUT2D eigenvalue weighted by atomic mass is 32.2. The van der Waals surface area contributed by atoms with Crippen LogP contribution < -0.4 is 5.73 Å². The maximum atomic E-state index is 12.2. The first-order valence-corrected chi connectivity index (χ1v) is 7.39. The van der Waals surface area contributed by atoms with Crippen molar-refractivity contribution in [1.82, 2.24) is 0 Å². The largest absolute Gasteiger partial charge is 0.328 e. The highest BCUT2D eigenvalue weighted by Crippen LogP contribution is 2.19. The molecule has 2 N–H and O–H groups in total. The molecule has 96 valence electrons. The molecule has 17 heavy (non-hydrogen) atoms. The van der Waals surface area contributed by atoms with Crippen molar-refractivity contribution in [3.8, 4) is 0 Å². The number of rotatable bonds is 5. The Kier molecular flexibility index (Phi) is 5.34. The first-order valence-electron chi connectivity index (χ1n) is 6.18. The molecule has 3 heteroatoms. The third kappa shape index (κ3) is 4.25. The van der Waals surface area contributed by atoms with Crippen molar-refractivity contribution in [1.29, 1.82) is 0 Å². The average molecular weight is 253 g/mol. The second-order valence-electron chi connectivity index (χ2n) is 5.04. The molecule has 0 amide bonds. The van der Waals surface area contributed by atoms with Crippen molar-refractivity contribution < 1.29 is 4.21 Å². The molecule has 1 rings (SSSR count). The van der Waals surface area contributed by atoms with Gasteiger partial charge < -0.3 is 5.73 Å². The van der Waals surface area contributed by atoms with Crippen LogP contribution in [0.4, 0.5) is 0 Å². The topological polar surface area (TPSA) is 43.1 Å². The summed E-state index contributed by atoms with van der Waals surface area (Å²) >= 11 is 0. The number of nitrogens with two attached hydrogens (primary N) is 1. The molecule has 3 atom stereocenters. The molecule has 0 radical (unpaired) electrons. The van der Waals surface area contributed by atoms with Crippen molar-refractivity contribution >= 4 is 10.8 Å². The van der Waals surface area contributed by atoms with E-state index < -0.39 is 10.8 Å². The summed E-state index contributed by atoms with van der Waals surface area (Å²) in [6, 6.07) is 8.18. The number of hydrogen-bond acceptors (Lipinski definition) is 2. The van der Waals surface area contributed by atoms with Gasteiger partial charge in [-0.1, -0.05) is 32.9 Å². The fourth-order valence-electron chi connectivity index (χ4n) is 1.83. The molecule has 0 aliphatic heterocycles. The highest BCUT2D eigenvalue weighted by Gasteiger charge is 2.15. The maximum Gasteiger partial charge on any atom is 0.0558 e. The van der Waals surface area contributed by atoms with E-state index in [1.165, 1.54) is 5.56 Å². The number of hydrogen-bond donors (Lipinski definition) is 1. The van der Waals surface area contributed by atoms with Gasteiger partial charge in [-0.05, 0) is 37.0 Å². The van der Waals surface area contributed by atoms with E-state index in [0.717, 1.165) is 11.3 Å². The van der Waals surface area contributed by atoms with Gasteiger partial charge >= 0.3 is 0 Å². The normalized spacial score (nSPS) is 16.8. The zero-order valence-electron chi connectivity index (χ0n) is 11.1. The van der Waals surface area contributed by atoms with E-state index in [1.807, 2.05) is 26.0 Å². The molecule has 0 saturated heterocycles. The predicted molar refractivity (Wildman–Crippen MR) is 74.7 cm³/mol. The van der Waals surface area contributed by atoms with E-state index in [0.29, 0.717) is 5.92 Å². The Morgan fingerprint density at radius 2 is 1.65 bits per heavy atom. The quantitative estimate of drug-likeness (QED) is 0.876. The van der Waals surface area contributed by atoms with Gasteiger partial charge in [-0.15, -0.1) is 0 Å². The van der Waals surface area contributed by atoms with Crippen LogP contribution >= 0.6 is 0 Å². The Hall–Kier alpha value is -0.670. The molecule has 1 aromatic rings. The molecular weight excluding hydrogens is 230 g/mol. The molecule has 3 unspecified atom stereocenters. The smallest absolute Gasteiger partial charge is 0.0558 e. The second kappa shape index (κ2) is 6.31. The lowest BCUT2D eigenvalue weighted by Crippen LogP contribution is -2.24. The van der Waals surface area contributed by atoms with E-state index in [4.69, 9.17) is 5.73 Å². The van der Waals surface area contributed by atoms with Crippen molar-refractivity contribution in [3.63, 3.8) is 0 Å². The standard InChI is InChI=1S/C14H23NOS/c1-10(2)13-5-7-14(8-6-13)17(16)12(4)9-11(3)15/h5-8,10-12H,9,15H2,1-4H3. The monoisotopic (exact) mass is 253 g/mol. The van der Waals surface area contributed by atoms with Crippen LogP contribution in [0.25, 0.3) is 0 Å². The third-order valence-corrected chi connectivity index (χ3v) is 4.51. The summed E-state index contributed by atoms with van der Waals surface area (Å²) in [7, 11) is -0.950. The summed E-state index contributed by atoms with van der Waals surface area (Å²) in [5, 5.41) is 0.111. The van der Waals surface area contributed by atoms with Crippen LogP contribution in [0.5, 0.6) is 0 Å². The lowest BCUT2D eigenvalue weighted by molar-refractivity contribution is 0.628. The van der Waals surface area contributed by atoms with E-state index in [1.54, 1.807) is 0 Å². The van der Waals surface area contributed by atoms with E-state index in [2.05, 4.69) is 26.0 Å². The molecule has 0 bridgehead atoms. The van der Waals surface area contributed by atoms with Crippen LogP contribution in [0, 0.1) is 0 Å². The first-order chi connectivity index (χ1) is 7.91. The van der Waals surface area contributed by atoms with Gasteiger partial charge in [-0.25, -0.2) is 0 Å².